The molecule has 0 heterocycles. The molecular weight excluding hydrogens is 438 g/mol. The molecular formula is C14H18IO7P. The van der Waals surface area contributed by atoms with E-state index in [0.29, 0.717) is 11.3 Å². The first kappa shape index (κ1) is 20.1. The molecule has 1 N–H and O–H groups in total. The van der Waals surface area contributed by atoms with E-state index in [0.717, 1.165) is 0 Å². The van der Waals surface area contributed by atoms with Crippen molar-refractivity contribution in [3.8, 4) is 5.75 Å². The molecule has 0 amide bonds. The van der Waals surface area contributed by atoms with E-state index in [1.807, 2.05) is 0 Å². The maximum absolute atomic E-state index is 11.8. The van der Waals surface area contributed by atoms with Gasteiger partial charge in [-0.25, -0.2) is 0 Å². The average molecular weight is 456 g/mol. The fourth-order valence-corrected chi connectivity index (χ4v) is 2.86. The number of ether oxygens (including phenoxy) is 2. The quantitative estimate of drug-likeness (QED) is 0.211. The third-order valence-corrected chi connectivity index (χ3v) is 6.09. The minimum atomic E-state index is -3.81. The van der Waals surface area contributed by atoms with Crippen LogP contribution in [0.3, 0.4) is 0 Å². The van der Waals surface area contributed by atoms with Crippen molar-refractivity contribution in [1.82, 2.24) is 0 Å². The highest BCUT2D eigenvalue weighted by atomic mass is 127. The highest BCUT2D eigenvalue weighted by Crippen LogP contribution is 2.49. The second-order valence-corrected chi connectivity index (χ2v) is 8.29. The van der Waals surface area contributed by atoms with E-state index in [1.54, 1.807) is 41.6 Å². The second-order valence-electron chi connectivity index (χ2n) is 4.52. The molecule has 1 rings (SSSR count). The number of hydrogen-bond donors (Lipinski definition) is 1. The monoisotopic (exact) mass is 456 g/mol. The minimum absolute atomic E-state index is 0.102. The van der Waals surface area contributed by atoms with Crippen molar-refractivity contribution in [2.24, 2.45) is 0 Å². The Morgan fingerprint density at radius 3 is 2.39 bits per heavy atom. The van der Waals surface area contributed by atoms with E-state index < -0.39 is 25.6 Å². The number of alkyl halides is 1. The zero-order valence-corrected chi connectivity index (χ0v) is 15.8. The number of carbonyl (C=O) groups excluding carboxylic acids is 2. The zero-order valence-electron chi connectivity index (χ0n) is 12.7. The van der Waals surface area contributed by atoms with E-state index >= 15 is 0 Å². The maximum atomic E-state index is 11.8. The number of halogens is 1. The highest BCUT2D eigenvalue weighted by Gasteiger charge is 2.27. The summed E-state index contributed by atoms with van der Waals surface area (Å²) >= 11 is 1.74. The summed E-state index contributed by atoms with van der Waals surface area (Å²) < 4.78 is 26.7. The molecule has 0 saturated heterocycles. The molecule has 1 aromatic rings. The third kappa shape index (κ3) is 7.43. The summed E-state index contributed by atoms with van der Waals surface area (Å²) in [5.74, 6) is -0.658. The Labute approximate surface area is 148 Å². The van der Waals surface area contributed by atoms with Crippen LogP contribution in [-0.4, -0.2) is 27.6 Å². The molecule has 0 aliphatic carbocycles. The molecule has 0 bridgehead atoms. The lowest BCUT2D eigenvalue weighted by Crippen LogP contribution is -2.13. The van der Waals surface area contributed by atoms with Gasteiger partial charge in [0.1, 0.15) is 16.0 Å². The molecule has 0 fully saturated rings. The fraction of sp³-hybridized carbons (Fsp3) is 0.429. The van der Waals surface area contributed by atoms with Crippen LogP contribution in [0.2, 0.25) is 0 Å². The van der Waals surface area contributed by atoms with E-state index in [1.165, 1.54) is 19.1 Å². The lowest BCUT2D eigenvalue weighted by atomic mass is 10.1. The zero-order chi connectivity index (χ0) is 17.5. The molecule has 0 saturated carbocycles. The molecule has 23 heavy (non-hydrogen) atoms. The Balaban J connectivity index is 2.95. The fourth-order valence-electron chi connectivity index (χ4n) is 1.73. The SMILES string of the molecule is CCOC(=O)CC(OP(=O)(O)CI)c1ccc(OC(C)=O)cc1. The maximum Gasteiger partial charge on any atom is 0.338 e. The molecule has 2 unspecified atom stereocenters. The molecule has 1 aromatic carbocycles. The molecule has 0 aliphatic rings. The van der Waals surface area contributed by atoms with E-state index in [9.17, 15) is 19.0 Å². The first-order valence-electron chi connectivity index (χ1n) is 6.77. The summed E-state index contributed by atoms with van der Waals surface area (Å²) in [6, 6.07) is 6.17. The van der Waals surface area contributed by atoms with Crippen LogP contribution < -0.4 is 4.74 Å². The number of benzene rings is 1. The smallest absolute Gasteiger partial charge is 0.338 e. The van der Waals surface area contributed by atoms with Gasteiger partial charge in [0.2, 0.25) is 0 Å². The Morgan fingerprint density at radius 2 is 1.91 bits per heavy atom. The van der Waals surface area contributed by atoms with Crippen LogP contribution in [0, 0.1) is 0 Å². The van der Waals surface area contributed by atoms with Crippen molar-refractivity contribution in [3.63, 3.8) is 0 Å². The van der Waals surface area contributed by atoms with Gasteiger partial charge in [0.05, 0.1) is 13.0 Å². The van der Waals surface area contributed by atoms with Gasteiger partial charge in [-0.2, -0.15) is 0 Å². The van der Waals surface area contributed by atoms with Gasteiger partial charge in [-0.15, -0.1) is 0 Å². The molecule has 128 valence electrons. The molecule has 2 atom stereocenters. The second kappa shape index (κ2) is 9.36. The van der Waals surface area contributed by atoms with Gasteiger partial charge in [-0.05, 0) is 24.6 Å². The molecule has 7 nitrogen and oxygen atoms in total. The predicted octanol–water partition coefficient (Wildman–Crippen LogP) is 3.20. The Kier molecular flexibility index (Phi) is 8.18. The van der Waals surface area contributed by atoms with Gasteiger partial charge in [0.15, 0.2) is 0 Å². The van der Waals surface area contributed by atoms with Crippen LogP contribution in [-0.2, 0) is 23.4 Å². The summed E-state index contributed by atoms with van der Waals surface area (Å²) in [6.07, 6.45) is -1.12. The number of hydrogen-bond acceptors (Lipinski definition) is 6. The van der Waals surface area contributed by atoms with Gasteiger partial charge in [0, 0.05) is 6.92 Å². The lowest BCUT2D eigenvalue weighted by molar-refractivity contribution is -0.145. The standard InChI is InChI=1S/C14H18IO7P/c1-3-20-14(17)8-13(22-23(18,19)9-15)11-4-6-12(7-5-11)21-10(2)16/h4-7,13H,3,8-9H2,1-2H3,(H,18,19). The van der Waals surface area contributed by atoms with Crippen LogP contribution in [0.15, 0.2) is 24.3 Å². The molecule has 0 aliphatic heterocycles. The first-order chi connectivity index (χ1) is 10.8. The normalized spacial score (nSPS) is 14.6. The van der Waals surface area contributed by atoms with Gasteiger partial charge in [-0.1, -0.05) is 34.7 Å². The van der Waals surface area contributed by atoms with Crippen molar-refractivity contribution in [2.75, 3.05) is 10.8 Å². The van der Waals surface area contributed by atoms with Crippen LogP contribution in [0.25, 0.3) is 0 Å². The Morgan fingerprint density at radius 1 is 1.30 bits per heavy atom. The van der Waals surface area contributed by atoms with Crippen LogP contribution in [0.1, 0.15) is 31.9 Å². The van der Waals surface area contributed by atoms with Gasteiger partial charge in [-0.3, -0.25) is 18.7 Å². The average Bonchev–Trinajstić information content (AvgIpc) is 2.47. The Bertz CT molecular complexity index is 587. The molecule has 9 heteroatoms. The van der Waals surface area contributed by atoms with E-state index in [4.69, 9.17) is 14.0 Å². The van der Waals surface area contributed by atoms with Crippen LogP contribution in [0.5, 0.6) is 5.75 Å². The summed E-state index contributed by atoms with van der Waals surface area (Å²) in [5, 5.41) is 0. The van der Waals surface area contributed by atoms with Crippen LogP contribution >= 0.6 is 30.2 Å². The number of esters is 2. The number of rotatable bonds is 8. The van der Waals surface area contributed by atoms with Crippen molar-refractivity contribution < 1.29 is 33.0 Å². The van der Waals surface area contributed by atoms with E-state index in [2.05, 4.69) is 0 Å². The van der Waals surface area contributed by atoms with Crippen molar-refractivity contribution in [3.05, 3.63) is 29.8 Å². The van der Waals surface area contributed by atoms with E-state index in [-0.39, 0.29) is 17.2 Å². The van der Waals surface area contributed by atoms with Crippen LogP contribution in [0.4, 0.5) is 0 Å². The first-order valence-corrected chi connectivity index (χ1v) is 10.1. The minimum Gasteiger partial charge on any atom is -0.466 e. The summed E-state index contributed by atoms with van der Waals surface area (Å²) in [6.45, 7) is 3.16. The summed E-state index contributed by atoms with van der Waals surface area (Å²) in [5.41, 5.74) is 0.507. The largest absolute Gasteiger partial charge is 0.466 e. The summed E-state index contributed by atoms with van der Waals surface area (Å²) in [7, 11) is -3.81. The lowest BCUT2D eigenvalue weighted by Gasteiger charge is -2.20. The summed E-state index contributed by atoms with van der Waals surface area (Å²) in [4.78, 5) is 32.2. The van der Waals surface area contributed by atoms with Gasteiger partial charge >= 0.3 is 19.5 Å². The van der Waals surface area contributed by atoms with Gasteiger partial charge in [0.25, 0.3) is 0 Å². The van der Waals surface area contributed by atoms with Gasteiger partial charge < -0.3 is 14.4 Å². The van der Waals surface area contributed by atoms with Crippen molar-refractivity contribution in [1.29, 1.82) is 0 Å². The highest BCUT2D eigenvalue weighted by molar-refractivity contribution is 14.1. The van der Waals surface area contributed by atoms with Crippen molar-refractivity contribution in [2.45, 2.75) is 26.4 Å². The predicted molar refractivity (Wildman–Crippen MR) is 91.5 cm³/mol. The Hall–Kier alpha value is -0.960. The number of carbonyl (C=O) groups is 2. The molecule has 0 aromatic heterocycles. The molecule has 0 spiro atoms. The third-order valence-electron chi connectivity index (χ3n) is 2.61. The van der Waals surface area contributed by atoms with Crippen molar-refractivity contribution >= 4 is 42.1 Å². The molecule has 0 radical (unpaired) electrons. The topological polar surface area (TPSA) is 99.1 Å².